The predicted molar refractivity (Wildman–Crippen MR) is 104 cm³/mol. The Balaban J connectivity index is 1.79. The summed E-state index contributed by atoms with van der Waals surface area (Å²) in [5.41, 5.74) is 0.973. The molecule has 7 heteroatoms. The van der Waals surface area contributed by atoms with Gasteiger partial charge in [-0.25, -0.2) is 4.79 Å². The van der Waals surface area contributed by atoms with Crippen LogP contribution in [-0.2, 0) is 16.1 Å². The third-order valence-corrected chi connectivity index (χ3v) is 3.51. The van der Waals surface area contributed by atoms with E-state index in [0.717, 1.165) is 5.56 Å². The zero-order chi connectivity index (χ0) is 19.9. The summed E-state index contributed by atoms with van der Waals surface area (Å²) in [5.74, 6) is -0.210. The van der Waals surface area contributed by atoms with Gasteiger partial charge in [-0.1, -0.05) is 18.2 Å². The van der Waals surface area contributed by atoms with Gasteiger partial charge in [-0.15, -0.1) is 0 Å². The number of rotatable bonds is 6. The highest BCUT2D eigenvalue weighted by Gasteiger charge is 2.15. The molecule has 0 aliphatic heterocycles. The van der Waals surface area contributed by atoms with Crippen molar-refractivity contribution in [2.45, 2.75) is 39.3 Å². The van der Waals surface area contributed by atoms with Crippen LogP contribution in [0.25, 0.3) is 0 Å². The normalized spacial score (nSPS) is 10.9. The number of anilines is 1. The molecule has 0 atom stereocenters. The molecule has 0 fully saturated rings. The Kier molecular flexibility index (Phi) is 6.76. The van der Waals surface area contributed by atoms with Gasteiger partial charge in [0.15, 0.2) is 0 Å². The number of nitrogens with one attached hydrogen (secondary N) is 2. The van der Waals surface area contributed by atoms with Crippen molar-refractivity contribution in [3.05, 3.63) is 64.6 Å². The average molecular weight is 371 g/mol. The van der Waals surface area contributed by atoms with Crippen LogP contribution < -0.4 is 16.2 Å². The smallest absolute Gasteiger partial charge is 0.407 e. The highest BCUT2D eigenvalue weighted by molar-refractivity contribution is 5.91. The van der Waals surface area contributed by atoms with Gasteiger partial charge in [-0.3, -0.25) is 9.59 Å². The van der Waals surface area contributed by atoms with Gasteiger partial charge in [-0.2, -0.15) is 0 Å². The topological polar surface area (TPSA) is 89.4 Å². The van der Waals surface area contributed by atoms with Gasteiger partial charge in [0.2, 0.25) is 5.91 Å². The maximum atomic E-state index is 12.0. The van der Waals surface area contributed by atoms with Crippen LogP contribution in [0.15, 0.2) is 53.5 Å². The van der Waals surface area contributed by atoms with E-state index in [1.54, 1.807) is 55.8 Å². The fraction of sp³-hybridized carbons (Fsp3) is 0.350. The highest BCUT2D eigenvalue weighted by atomic mass is 16.6. The van der Waals surface area contributed by atoms with E-state index in [-0.39, 0.29) is 24.4 Å². The molecule has 2 aromatic rings. The molecule has 27 heavy (non-hydrogen) atoms. The minimum atomic E-state index is -0.570. The maximum absolute atomic E-state index is 12.0. The Morgan fingerprint density at radius 2 is 1.78 bits per heavy atom. The Labute approximate surface area is 158 Å². The molecule has 2 N–H and O–H groups in total. The van der Waals surface area contributed by atoms with Crippen LogP contribution in [0.3, 0.4) is 0 Å². The molecular weight excluding hydrogens is 346 g/mol. The number of amides is 2. The molecule has 2 rings (SSSR count). The summed E-state index contributed by atoms with van der Waals surface area (Å²) < 4.78 is 6.71. The van der Waals surface area contributed by atoms with Gasteiger partial charge in [0.05, 0.1) is 6.54 Å². The third kappa shape index (κ3) is 7.35. The lowest BCUT2D eigenvalue weighted by molar-refractivity contribution is -0.116. The zero-order valence-corrected chi connectivity index (χ0v) is 15.8. The molecule has 0 radical (unpaired) electrons. The molecule has 144 valence electrons. The number of hydrogen-bond acceptors (Lipinski definition) is 4. The minimum Gasteiger partial charge on any atom is -0.444 e. The van der Waals surface area contributed by atoms with Gasteiger partial charge < -0.3 is 19.9 Å². The fourth-order valence-corrected chi connectivity index (χ4v) is 2.30. The van der Waals surface area contributed by atoms with E-state index in [0.29, 0.717) is 12.2 Å². The number of pyridine rings is 1. The number of ether oxygens (including phenoxy) is 1. The number of alkyl carbamates (subject to hydrolysis) is 1. The molecule has 0 aliphatic carbocycles. The van der Waals surface area contributed by atoms with Crippen LogP contribution in [0.5, 0.6) is 0 Å². The van der Waals surface area contributed by atoms with E-state index in [1.165, 1.54) is 6.07 Å². The molecule has 1 aromatic carbocycles. The molecule has 0 saturated heterocycles. The van der Waals surface area contributed by atoms with Gasteiger partial charge in [-0.05, 0) is 44.5 Å². The lowest BCUT2D eigenvalue weighted by Gasteiger charge is -2.19. The summed E-state index contributed by atoms with van der Waals surface area (Å²) >= 11 is 0. The number of aromatic nitrogens is 1. The van der Waals surface area contributed by atoms with E-state index in [4.69, 9.17) is 4.74 Å². The quantitative estimate of drug-likeness (QED) is 0.817. The van der Waals surface area contributed by atoms with E-state index >= 15 is 0 Å². The summed E-state index contributed by atoms with van der Waals surface area (Å²) in [6.07, 6.45) is 1.33. The van der Waals surface area contributed by atoms with E-state index in [1.807, 2.05) is 12.1 Å². The Bertz CT molecular complexity index is 835. The summed E-state index contributed by atoms with van der Waals surface area (Å²) in [6.45, 7) is 5.98. The second-order valence-corrected chi connectivity index (χ2v) is 7.09. The summed E-state index contributed by atoms with van der Waals surface area (Å²) in [7, 11) is 0. The van der Waals surface area contributed by atoms with Gasteiger partial charge >= 0.3 is 6.09 Å². The van der Waals surface area contributed by atoms with E-state index in [2.05, 4.69) is 10.6 Å². The molecule has 2 amide bonds. The Hall–Kier alpha value is -3.09. The summed E-state index contributed by atoms with van der Waals surface area (Å²) in [6, 6.07) is 12.3. The molecule has 0 saturated carbocycles. The minimum absolute atomic E-state index is 0.0626. The number of benzene rings is 1. The summed E-state index contributed by atoms with van der Waals surface area (Å²) in [5, 5.41) is 5.31. The third-order valence-electron chi connectivity index (χ3n) is 3.51. The fourth-order valence-electron chi connectivity index (χ4n) is 2.30. The first-order valence-corrected chi connectivity index (χ1v) is 8.74. The van der Waals surface area contributed by atoms with Gasteiger partial charge in [0, 0.05) is 30.9 Å². The largest absolute Gasteiger partial charge is 0.444 e. The standard InChI is InChI=1S/C20H25N3O4/c1-20(2,3)27-19(26)21-12-11-17(24)22-16-9-7-15(8-10-16)14-23-13-5-4-6-18(23)25/h4-10,13H,11-12,14H2,1-3H3,(H,21,26)(H,22,24). The molecular formula is C20H25N3O4. The van der Waals surface area contributed by atoms with Crippen LogP contribution in [0.4, 0.5) is 10.5 Å². The molecule has 7 nitrogen and oxygen atoms in total. The number of carbonyl (C=O) groups is 2. The lowest BCUT2D eigenvalue weighted by atomic mass is 10.2. The van der Waals surface area contributed by atoms with Crippen molar-refractivity contribution in [2.75, 3.05) is 11.9 Å². The van der Waals surface area contributed by atoms with Crippen molar-refractivity contribution in [3.63, 3.8) is 0 Å². The number of carbonyl (C=O) groups excluding carboxylic acids is 2. The Morgan fingerprint density at radius 1 is 1.07 bits per heavy atom. The first kappa shape index (κ1) is 20.2. The van der Waals surface area contributed by atoms with Gasteiger partial charge in [0.1, 0.15) is 5.60 Å². The second kappa shape index (κ2) is 9.02. The van der Waals surface area contributed by atoms with E-state index < -0.39 is 11.7 Å². The first-order valence-electron chi connectivity index (χ1n) is 8.74. The van der Waals surface area contributed by atoms with Gasteiger partial charge in [0.25, 0.3) is 5.56 Å². The molecule has 0 aliphatic rings. The highest BCUT2D eigenvalue weighted by Crippen LogP contribution is 2.11. The van der Waals surface area contributed by atoms with Crippen molar-refractivity contribution in [2.24, 2.45) is 0 Å². The second-order valence-electron chi connectivity index (χ2n) is 7.09. The van der Waals surface area contributed by atoms with Crippen molar-refractivity contribution < 1.29 is 14.3 Å². The van der Waals surface area contributed by atoms with Crippen molar-refractivity contribution >= 4 is 17.7 Å². The monoisotopic (exact) mass is 371 g/mol. The van der Waals surface area contributed by atoms with Crippen molar-refractivity contribution in [1.29, 1.82) is 0 Å². The number of hydrogen-bond donors (Lipinski definition) is 2. The SMILES string of the molecule is CC(C)(C)OC(=O)NCCC(=O)Nc1ccc(Cn2ccccc2=O)cc1. The summed E-state index contributed by atoms with van der Waals surface area (Å²) in [4.78, 5) is 35.2. The molecule has 1 aromatic heterocycles. The maximum Gasteiger partial charge on any atom is 0.407 e. The van der Waals surface area contributed by atoms with Crippen LogP contribution in [0, 0.1) is 0 Å². The first-order chi connectivity index (χ1) is 12.7. The van der Waals surface area contributed by atoms with Crippen LogP contribution in [-0.4, -0.2) is 28.7 Å². The van der Waals surface area contributed by atoms with Crippen molar-refractivity contribution in [1.82, 2.24) is 9.88 Å². The average Bonchev–Trinajstić information content (AvgIpc) is 2.57. The van der Waals surface area contributed by atoms with Crippen LogP contribution in [0.1, 0.15) is 32.8 Å². The number of nitrogens with zero attached hydrogens (tertiary/aromatic N) is 1. The van der Waals surface area contributed by atoms with Crippen LogP contribution >= 0.6 is 0 Å². The molecule has 0 spiro atoms. The molecule has 1 heterocycles. The van der Waals surface area contributed by atoms with E-state index in [9.17, 15) is 14.4 Å². The predicted octanol–water partition coefficient (Wildman–Crippen LogP) is 2.75. The zero-order valence-electron chi connectivity index (χ0n) is 15.8. The molecule has 0 unspecified atom stereocenters. The molecule has 0 bridgehead atoms. The van der Waals surface area contributed by atoms with Crippen LogP contribution in [0.2, 0.25) is 0 Å². The lowest BCUT2D eigenvalue weighted by Crippen LogP contribution is -2.34. The van der Waals surface area contributed by atoms with Crippen molar-refractivity contribution in [3.8, 4) is 0 Å². The Morgan fingerprint density at radius 3 is 2.41 bits per heavy atom.